The van der Waals surface area contributed by atoms with Crippen molar-refractivity contribution in [1.82, 2.24) is 15.2 Å². The molecule has 3 rings (SSSR count). The number of carbonyl (C=O) groups is 1. The van der Waals surface area contributed by atoms with Gasteiger partial charge < -0.3 is 11.1 Å². The number of aromatic nitrogens is 1. The SMILES string of the molecule is Nc1cccnc1C(=O)NC1CCN2CCCC12. The third-order valence-electron chi connectivity index (χ3n) is 3.98. The van der Waals surface area contributed by atoms with Crippen LogP contribution in [0, 0.1) is 0 Å². The minimum Gasteiger partial charge on any atom is -0.397 e. The fourth-order valence-electron chi connectivity index (χ4n) is 3.10. The Bertz CT molecular complexity index is 462. The van der Waals surface area contributed by atoms with Gasteiger partial charge in [-0.2, -0.15) is 0 Å². The number of rotatable bonds is 2. The van der Waals surface area contributed by atoms with Gasteiger partial charge in [0.25, 0.3) is 5.91 Å². The van der Waals surface area contributed by atoms with E-state index in [1.165, 1.54) is 19.4 Å². The summed E-state index contributed by atoms with van der Waals surface area (Å²) in [7, 11) is 0. The minimum absolute atomic E-state index is 0.146. The Morgan fingerprint density at radius 2 is 2.33 bits per heavy atom. The van der Waals surface area contributed by atoms with Gasteiger partial charge in [0.1, 0.15) is 0 Å². The van der Waals surface area contributed by atoms with E-state index in [4.69, 9.17) is 5.73 Å². The third kappa shape index (κ3) is 1.95. The molecule has 1 aromatic heterocycles. The average molecular weight is 246 g/mol. The molecule has 2 unspecified atom stereocenters. The number of nitrogen functional groups attached to an aromatic ring is 1. The van der Waals surface area contributed by atoms with Gasteiger partial charge in [-0.3, -0.25) is 9.69 Å². The highest BCUT2D eigenvalue weighted by atomic mass is 16.2. The van der Waals surface area contributed by atoms with Crippen molar-refractivity contribution in [1.29, 1.82) is 0 Å². The monoisotopic (exact) mass is 246 g/mol. The van der Waals surface area contributed by atoms with E-state index >= 15 is 0 Å². The zero-order valence-corrected chi connectivity index (χ0v) is 10.3. The van der Waals surface area contributed by atoms with Crippen molar-refractivity contribution in [3.8, 4) is 0 Å². The van der Waals surface area contributed by atoms with Gasteiger partial charge in [-0.15, -0.1) is 0 Å². The van der Waals surface area contributed by atoms with E-state index in [-0.39, 0.29) is 11.9 Å². The van der Waals surface area contributed by atoms with Crippen molar-refractivity contribution in [3.63, 3.8) is 0 Å². The molecule has 2 fully saturated rings. The topological polar surface area (TPSA) is 71.2 Å². The molecular formula is C13H18N4O. The molecule has 0 bridgehead atoms. The molecule has 2 atom stereocenters. The normalized spacial score (nSPS) is 27.1. The van der Waals surface area contributed by atoms with Crippen LogP contribution in [-0.4, -0.2) is 41.0 Å². The van der Waals surface area contributed by atoms with Crippen molar-refractivity contribution in [3.05, 3.63) is 24.0 Å². The van der Waals surface area contributed by atoms with Crippen molar-refractivity contribution in [2.24, 2.45) is 0 Å². The minimum atomic E-state index is -0.146. The van der Waals surface area contributed by atoms with E-state index in [2.05, 4.69) is 15.2 Å². The maximum absolute atomic E-state index is 12.1. The predicted octanol–water partition coefficient (Wildman–Crippen LogP) is 0.630. The summed E-state index contributed by atoms with van der Waals surface area (Å²) in [5.41, 5.74) is 6.55. The van der Waals surface area contributed by atoms with E-state index in [0.717, 1.165) is 13.0 Å². The molecule has 0 aromatic carbocycles. The van der Waals surface area contributed by atoms with E-state index in [1.54, 1.807) is 18.3 Å². The van der Waals surface area contributed by atoms with Gasteiger partial charge in [0, 0.05) is 24.8 Å². The van der Waals surface area contributed by atoms with Gasteiger partial charge in [0.05, 0.1) is 5.69 Å². The summed E-state index contributed by atoms with van der Waals surface area (Å²) in [4.78, 5) is 18.7. The number of amides is 1. The maximum Gasteiger partial charge on any atom is 0.272 e. The first-order chi connectivity index (χ1) is 8.75. The Morgan fingerprint density at radius 3 is 3.17 bits per heavy atom. The Hall–Kier alpha value is -1.62. The Morgan fingerprint density at radius 1 is 1.44 bits per heavy atom. The predicted molar refractivity (Wildman–Crippen MR) is 69.1 cm³/mol. The van der Waals surface area contributed by atoms with Gasteiger partial charge >= 0.3 is 0 Å². The number of pyridine rings is 1. The lowest BCUT2D eigenvalue weighted by Gasteiger charge is -2.21. The molecule has 0 aliphatic carbocycles. The van der Waals surface area contributed by atoms with Crippen LogP contribution < -0.4 is 11.1 Å². The van der Waals surface area contributed by atoms with Crippen molar-refractivity contribution < 1.29 is 4.79 Å². The van der Waals surface area contributed by atoms with Crippen LogP contribution in [-0.2, 0) is 0 Å². The van der Waals surface area contributed by atoms with Gasteiger partial charge in [-0.05, 0) is 37.9 Å². The van der Waals surface area contributed by atoms with Crippen molar-refractivity contribution in [2.75, 3.05) is 18.8 Å². The number of nitrogens with one attached hydrogen (secondary N) is 1. The molecular weight excluding hydrogens is 228 g/mol. The van der Waals surface area contributed by atoms with Gasteiger partial charge in [0.2, 0.25) is 0 Å². The fraction of sp³-hybridized carbons (Fsp3) is 0.538. The second-order valence-electron chi connectivity index (χ2n) is 5.06. The standard InChI is InChI=1S/C13H18N4O/c14-9-3-1-6-15-12(9)13(18)16-10-5-8-17-7-2-4-11(10)17/h1,3,6,10-11H,2,4-5,7-8,14H2,(H,16,18). The molecule has 2 aliphatic heterocycles. The lowest BCUT2D eigenvalue weighted by molar-refractivity contribution is 0.0925. The van der Waals surface area contributed by atoms with Crippen LogP contribution in [0.25, 0.3) is 0 Å². The van der Waals surface area contributed by atoms with Gasteiger partial charge in [-0.1, -0.05) is 0 Å². The van der Waals surface area contributed by atoms with Gasteiger partial charge in [-0.25, -0.2) is 4.98 Å². The second kappa shape index (κ2) is 4.57. The summed E-state index contributed by atoms with van der Waals surface area (Å²) in [5.74, 6) is -0.146. The first-order valence-electron chi connectivity index (χ1n) is 6.51. The van der Waals surface area contributed by atoms with E-state index < -0.39 is 0 Å². The highest BCUT2D eigenvalue weighted by Gasteiger charge is 2.38. The number of nitrogens with two attached hydrogens (primary N) is 1. The highest BCUT2D eigenvalue weighted by Crippen LogP contribution is 2.28. The number of carbonyl (C=O) groups excluding carboxylic acids is 1. The molecule has 0 saturated carbocycles. The van der Waals surface area contributed by atoms with Crippen LogP contribution in [0.15, 0.2) is 18.3 Å². The Balaban J connectivity index is 1.70. The number of fused-ring (bicyclic) bond motifs is 1. The smallest absolute Gasteiger partial charge is 0.272 e. The molecule has 3 heterocycles. The van der Waals surface area contributed by atoms with E-state index in [9.17, 15) is 4.79 Å². The molecule has 96 valence electrons. The molecule has 1 aromatic rings. The first-order valence-corrected chi connectivity index (χ1v) is 6.51. The molecule has 0 spiro atoms. The summed E-state index contributed by atoms with van der Waals surface area (Å²) in [5, 5.41) is 3.08. The van der Waals surface area contributed by atoms with E-state index in [1.807, 2.05) is 0 Å². The van der Waals surface area contributed by atoms with Crippen LogP contribution in [0.1, 0.15) is 29.8 Å². The summed E-state index contributed by atoms with van der Waals surface area (Å²) < 4.78 is 0. The molecule has 5 nitrogen and oxygen atoms in total. The molecule has 2 saturated heterocycles. The van der Waals surface area contributed by atoms with Crippen LogP contribution >= 0.6 is 0 Å². The quantitative estimate of drug-likeness (QED) is 0.803. The zero-order chi connectivity index (χ0) is 12.5. The lowest BCUT2D eigenvalue weighted by atomic mass is 10.1. The molecule has 0 radical (unpaired) electrons. The van der Waals surface area contributed by atoms with Crippen LogP contribution in [0.4, 0.5) is 5.69 Å². The summed E-state index contributed by atoms with van der Waals surface area (Å²) in [6, 6.07) is 4.21. The number of nitrogens with zero attached hydrogens (tertiary/aromatic N) is 2. The summed E-state index contributed by atoms with van der Waals surface area (Å²) in [6.07, 6.45) is 5.05. The average Bonchev–Trinajstić information content (AvgIpc) is 2.94. The number of hydrogen-bond acceptors (Lipinski definition) is 4. The largest absolute Gasteiger partial charge is 0.397 e. The number of hydrogen-bond donors (Lipinski definition) is 2. The fourth-order valence-corrected chi connectivity index (χ4v) is 3.10. The highest BCUT2D eigenvalue weighted by molar-refractivity contribution is 5.97. The van der Waals surface area contributed by atoms with Crippen LogP contribution in [0.5, 0.6) is 0 Å². The third-order valence-corrected chi connectivity index (χ3v) is 3.98. The lowest BCUT2D eigenvalue weighted by Crippen LogP contribution is -2.42. The zero-order valence-electron chi connectivity index (χ0n) is 10.3. The Labute approximate surface area is 106 Å². The summed E-state index contributed by atoms with van der Waals surface area (Å²) in [6.45, 7) is 2.26. The molecule has 3 N–H and O–H groups in total. The van der Waals surface area contributed by atoms with Crippen LogP contribution in [0.2, 0.25) is 0 Å². The first kappa shape index (κ1) is 11.5. The molecule has 18 heavy (non-hydrogen) atoms. The maximum atomic E-state index is 12.1. The van der Waals surface area contributed by atoms with Crippen LogP contribution in [0.3, 0.4) is 0 Å². The molecule has 2 aliphatic rings. The summed E-state index contributed by atoms with van der Waals surface area (Å²) >= 11 is 0. The van der Waals surface area contributed by atoms with E-state index in [0.29, 0.717) is 17.4 Å². The molecule has 1 amide bonds. The van der Waals surface area contributed by atoms with Crippen molar-refractivity contribution in [2.45, 2.75) is 31.3 Å². The molecule has 5 heteroatoms. The Kier molecular flexibility index (Phi) is 2.91. The second-order valence-corrected chi connectivity index (χ2v) is 5.06. The number of anilines is 1. The van der Waals surface area contributed by atoms with Gasteiger partial charge in [0.15, 0.2) is 5.69 Å². The van der Waals surface area contributed by atoms with Crippen molar-refractivity contribution >= 4 is 11.6 Å².